The molecule has 7 nitrogen and oxygen atoms in total. The van der Waals surface area contributed by atoms with Gasteiger partial charge < -0.3 is 20.1 Å². The van der Waals surface area contributed by atoms with Gasteiger partial charge in [0, 0.05) is 28.4 Å². The molecule has 0 radical (unpaired) electrons. The zero-order valence-electron chi connectivity index (χ0n) is 20.9. The highest BCUT2D eigenvalue weighted by Crippen LogP contribution is 2.38. The van der Waals surface area contributed by atoms with Crippen molar-refractivity contribution in [2.45, 2.75) is 51.2 Å². The van der Waals surface area contributed by atoms with Crippen LogP contribution in [-0.2, 0) is 22.5 Å². The number of nitrogens with zero attached hydrogens (tertiary/aromatic N) is 2. The number of hydrogen-bond donors (Lipinski definition) is 3. The van der Waals surface area contributed by atoms with Crippen LogP contribution in [0.15, 0.2) is 54.6 Å². The van der Waals surface area contributed by atoms with Crippen molar-refractivity contribution in [1.82, 2.24) is 9.78 Å². The van der Waals surface area contributed by atoms with E-state index < -0.39 is 12.1 Å². The van der Waals surface area contributed by atoms with Crippen LogP contribution < -0.4 is 0 Å². The normalized spacial score (nSPS) is 18.6. The molecule has 198 valence electrons. The fourth-order valence-electron chi connectivity index (χ4n) is 5.18. The third-order valence-corrected chi connectivity index (χ3v) is 7.35. The van der Waals surface area contributed by atoms with E-state index in [9.17, 15) is 15.0 Å². The SMILES string of the molecule is O=C(O)COC[C@H]1CC[C@H](Cn2nc(-c3ccccc3)c(-c3cccc(Cl)c3)c2CC[C@@H](O)CO)CC1. The number of rotatable bonds is 12. The van der Waals surface area contributed by atoms with Crippen LogP contribution in [0.5, 0.6) is 0 Å². The number of halogens is 1. The number of aliphatic hydroxyl groups excluding tert-OH is 2. The fraction of sp³-hybridized carbons (Fsp3) is 0.448. The molecule has 0 unspecified atom stereocenters. The Kier molecular flexibility index (Phi) is 9.75. The number of aliphatic carboxylic acids is 1. The summed E-state index contributed by atoms with van der Waals surface area (Å²) in [4.78, 5) is 10.7. The number of aliphatic hydroxyl groups is 2. The van der Waals surface area contributed by atoms with E-state index in [4.69, 9.17) is 26.5 Å². The van der Waals surface area contributed by atoms with Crippen molar-refractivity contribution >= 4 is 17.6 Å². The summed E-state index contributed by atoms with van der Waals surface area (Å²) >= 11 is 6.38. The van der Waals surface area contributed by atoms with Gasteiger partial charge >= 0.3 is 5.97 Å². The standard InChI is InChI=1S/C29H35ClN2O5/c30-24-8-4-7-23(15-24)28-26(14-13-25(34)17-33)32(31-29(28)22-5-2-1-3-6-22)16-20-9-11-21(12-10-20)18-37-19-27(35)36/h1-8,15,20-21,25,33-34H,9-14,16-19H2,(H,35,36)/t20-,21-,25-/m1/s1. The molecule has 1 atom stereocenters. The minimum Gasteiger partial charge on any atom is -0.480 e. The first kappa shape index (κ1) is 27.3. The largest absolute Gasteiger partial charge is 0.480 e. The Bertz CT molecular complexity index is 1160. The Morgan fingerprint density at radius 1 is 1.05 bits per heavy atom. The van der Waals surface area contributed by atoms with E-state index in [0.29, 0.717) is 36.3 Å². The molecule has 0 saturated heterocycles. The molecule has 1 aromatic heterocycles. The number of carboxylic acid groups (broad SMARTS) is 1. The summed E-state index contributed by atoms with van der Waals surface area (Å²) < 4.78 is 7.42. The molecule has 2 aromatic carbocycles. The molecule has 3 N–H and O–H groups in total. The van der Waals surface area contributed by atoms with Gasteiger partial charge in [0.15, 0.2) is 0 Å². The molecule has 0 amide bonds. The Morgan fingerprint density at radius 2 is 1.76 bits per heavy atom. The maximum absolute atomic E-state index is 10.7. The molecule has 0 spiro atoms. The van der Waals surface area contributed by atoms with E-state index in [1.54, 1.807) is 0 Å². The molecule has 1 aliphatic rings. The predicted molar refractivity (Wildman–Crippen MR) is 143 cm³/mol. The third kappa shape index (κ3) is 7.42. The van der Waals surface area contributed by atoms with Gasteiger partial charge in [-0.2, -0.15) is 5.10 Å². The smallest absolute Gasteiger partial charge is 0.329 e. The van der Waals surface area contributed by atoms with Crippen molar-refractivity contribution in [3.05, 3.63) is 65.3 Å². The lowest BCUT2D eigenvalue weighted by molar-refractivity contribution is -0.142. The van der Waals surface area contributed by atoms with Crippen molar-refractivity contribution in [2.75, 3.05) is 19.8 Å². The van der Waals surface area contributed by atoms with Gasteiger partial charge in [-0.3, -0.25) is 4.68 Å². The molecular weight excluding hydrogens is 492 g/mol. The van der Waals surface area contributed by atoms with E-state index in [0.717, 1.165) is 60.3 Å². The fourth-order valence-corrected chi connectivity index (χ4v) is 5.37. The third-order valence-electron chi connectivity index (χ3n) is 7.12. The second-order valence-corrected chi connectivity index (χ2v) is 10.3. The summed E-state index contributed by atoms with van der Waals surface area (Å²) in [6.45, 7) is 0.723. The van der Waals surface area contributed by atoms with E-state index in [2.05, 4.69) is 16.8 Å². The van der Waals surface area contributed by atoms with Gasteiger partial charge in [0.2, 0.25) is 0 Å². The highest BCUT2D eigenvalue weighted by Gasteiger charge is 2.26. The quantitative estimate of drug-likeness (QED) is 0.304. The molecule has 0 bridgehead atoms. The van der Waals surface area contributed by atoms with Crippen LogP contribution in [0.25, 0.3) is 22.4 Å². The van der Waals surface area contributed by atoms with Crippen LogP contribution in [0.4, 0.5) is 0 Å². The van der Waals surface area contributed by atoms with Crippen molar-refractivity contribution in [3.63, 3.8) is 0 Å². The van der Waals surface area contributed by atoms with Crippen LogP contribution >= 0.6 is 11.6 Å². The second kappa shape index (κ2) is 13.2. The lowest BCUT2D eigenvalue weighted by Crippen LogP contribution is -2.24. The van der Waals surface area contributed by atoms with Gasteiger partial charge in [-0.25, -0.2) is 4.79 Å². The average Bonchev–Trinajstić information content (AvgIpc) is 3.26. The molecule has 37 heavy (non-hydrogen) atoms. The van der Waals surface area contributed by atoms with E-state index in [1.807, 2.05) is 42.5 Å². The lowest BCUT2D eigenvalue weighted by Gasteiger charge is -2.28. The number of hydrogen-bond acceptors (Lipinski definition) is 5. The maximum atomic E-state index is 10.7. The van der Waals surface area contributed by atoms with Crippen LogP contribution in [0.1, 0.15) is 37.8 Å². The molecular formula is C29H35ClN2O5. The van der Waals surface area contributed by atoms with Gasteiger partial charge in [-0.15, -0.1) is 0 Å². The monoisotopic (exact) mass is 526 g/mol. The highest BCUT2D eigenvalue weighted by molar-refractivity contribution is 6.30. The Balaban J connectivity index is 1.62. The summed E-state index contributed by atoms with van der Waals surface area (Å²) in [7, 11) is 0. The van der Waals surface area contributed by atoms with Gasteiger partial charge in [-0.05, 0) is 68.1 Å². The molecule has 0 aliphatic heterocycles. The minimum absolute atomic E-state index is 0.245. The van der Waals surface area contributed by atoms with E-state index >= 15 is 0 Å². The van der Waals surface area contributed by atoms with Crippen molar-refractivity contribution in [2.24, 2.45) is 11.8 Å². The van der Waals surface area contributed by atoms with Gasteiger partial charge in [-0.1, -0.05) is 54.1 Å². The topological polar surface area (TPSA) is 105 Å². The molecule has 1 saturated carbocycles. The number of carbonyl (C=O) groups is 1. The van der Waals surface area contributed by atoms with Gasteiger partial charge in [0.1, 0.15) is 12.3 Å². The first-order chi connectivity index (χ1) is 17.9. The molecule has 1 aliphatic carbocycles. The molecule has 3 aromatic rings. The Hall–Kier alpha value is -2.71. The van der Waals surface area contributed by atoms with Crippen LogP contribution in [0.3, 0.4) is 0 Å². The highest BCUT2D eigenvalue weighted by atomic mass is 35.5. The number of aromatic nitrogens is 2. The Labute approximate surface area is 222 Å². The van der Waals surface area contributed by atoms with E-state index in [-0.39, 0.29) is 13.2 Å². The van der Waals surface area contributed by atoms with Crippen molar-refractivity contribution < 1.29 is 24.9 Å². The zero-order valence-corrected chi connectivity index (χ0v) is 21.7. The number of carboxylic acids is 1. The molecule has 1 fully saturated rings. The van der Waals surface area contributed by atoms with Crippen LogP contribution in [0, 0.1) is 11.8 Å². The molecule has 8 heteroatoms. The summed E-state index contributed by atoms with van der Waals surface area (Å²) in [6, 6.07) is 17.9. The predicted octanol–water partition coefficient (Wildman–Crippen LogP) is 5.06. The van der Waals surface area contributed by atoms with Crippen molar-refractivity contribution in [1.29, 1.82) is 0 Å². The first-order valence-electron chi connectivity index (χ1n) is 12.9. The average molecular weight is 527 g/mol. The van der Waals surface area contributed by atoms with Crippen molar-refractivity contribution in [3.8, 4) is 22.4 Å². The lowest BCUT2D eigenvalue weighted by atomic mass is 9.82. The maximum Gasteiger partial charge on any atom is 0.329 e. The van der Waals surface area contributed by atoms with Gasteiger partial charge in [0.05, 0.1) is 19.3 Å². The second-order valence-electron chi connectivity index (χ2n) is 9.90. The summed E-state index contributed by atoms with van der Waals surface area (Å²) in [5, 5.41) is 34.1. The summed E-state index contributed by atoms with van der Waals surface area (Å²) in [6.07, 6.45) is 4.24. The minimum atomic E-state index is -0.934. The molecule has 4 rings (SSSR count). The van der Waals surface area contributed by atoms with E-state index in [1.165, 1.54) is 0 Å². The number of benzene rings is 2. The summed E-state index contributed by atoms with van der Waals surface area (Å²) in [5.41, 5.74) is 4.91. The summed E-state index contributed by atoms with van der Waals surface area (Å²) in [5.74, 6) is -0.113. The van der Waals surface area contributed by atoms with Gasteiger partial charge in [0.25, 0.3) is 0 Å². The molecule has 1 heterocycles. The Morgan fingerprint density at radius 3 is 2.43 bits per heavy atom. The van der Waals surface area contributed by atoms with Crippen LogP contribution in [-0.4, -0.2) is 57.0 Å². The van der Waals surface area contributed by atoms with Crippen LogP contribution in [0.2, 0.25) is 5.02 Å². The first-order valence-corrected chi connectivity index (χ1v) is 13.3. The zero-order chi connectivity index (χ0) is 26.2. The number of ether oxygens (including phenoxy) is 1.